The number of nitriles is 1. The molecule has 1 aliphatic carbocycles. The summed E-state index contributed by atoms with van der Waals surface area (Å²) in [5.41, 5.74) is 3.37. The van der Waals surface area contributed by atoms with Crippen molar-refractivity contribution in [2.75, 3.05) is 0 Å². The Balaban J connectivity index is 2.10. The maximum Gasteiger partial charge on any atom is 0.203 e. The van der Waals surface area contributed by atoms with Gasteiger partial charge in [0, 0.05) is 5.56 Å². The summed E-state index contributed by atoms with van der Waals surface area (Å²) in [5, 5.41) is 9.08. The molecule has 1 aromatic carbocycles. The van der Waals surface area contributed by atoms with Gasteiger partial charge in [0.05, 0.1) is 0 Å². The van der Waals surface area contributed by atoms with Crippen molar-refractivity contribution in [3.8, 4) is 11.8 Å². The van der Waals surface area contributed by atoms with E-state index in [0.29, 0.717) is 0 Å². The van der Waals surface area contributed by atoms with Gasteiger partial charge in [0.1, 0.15) is 11.8 Å². The summed E-state index contributed by atoms with van der Waals surface area (Å²) >= 11 is 0. The van der Waals surface area contributed by atoms with Crippen molar-refractivity contribution >= 4 is 5.57 Å². The van der Waals surface area contributed by atoms with Crippen LogP contribution in [0.1, 0.15) is 18.4 Å². The topological polar surface area (TPSA) is 33.0 Å². The molecule has 2 nitrogen and oxygen atoms in total. The number of hydrogen-bond acceptors (Lipinski definition) is 2. The number of para-hydroxylation sites is 1. The van der Waals surface area contributed by atoms with Gasteiger partial charge in [-0.3, -0.25) is 0 Å². The van der Waals surface area contributed by atoms with Gasteiger partial charge in [-0.2, -0.15) is 5.26 Å². The molecule has 2 heteroatoms. The molecule has 0 N–H and O–H groups in total. The summed E-state index contributed by atoms with van der Waals surface area (Å²) in [5.74, 6) is 0.793. The van der Waals surface area contributed by atoms with Gasteiger partial charge in [0.25, 0.3) is 0 Å². The summed E-state index contributed by atoms with van der Waals surface area (Å²) in [4.78, 5) is 0. The van der Waals surface area contributed by atoms with Crippen molar-refractivity contribution in [3.05, 3.63) is 59.7 Å². The third-order valence-corrected chi connectivity index (χ3v) is 3.18. The summed E-state index contributed by atoms with van der Waals surface area (Å²) in [7, 11) is 0. The van der Waals surface area contributed by atoms with Crippen molar-refractivity contribution in [2.24, 2.45) is 0 Å². The van der Waals surface area contributed by atoms with E-state index in [9.17, 15) is 0 Å². The number of benzene rings is 1. The minimum Gasteiger partial charge on any atom is -0.471 e. The molecule has 1 aliphatic heterocycles. The highest BCUT2D eigenvalue weighted by molar-refractivity contribution is 5.86. The molecular weight excluding hydrogens is 222 g/mol. The Hall–Kier alpha value is -2.27. The monoisotopic (exact) mass is 235 g/mol. The molecule has 1 unspecified atom stereocenters. The second-order valence-electron chi connectivity index (χ2n) is 4.38. The van der Waals surface area contributed by atoms with Gasteiger partial charge in [0.15, 0.2) is 0 Å². The predicted molar refractivity (Wildman–Crippen MR) is 70.9 cm³/mol. The van der Waals surface area contributed by atoms with E-state index in [1.54, 1.807) is 0 Å². The first-order chi connectivity index (χ1) is 8.88. The molecule has 0 saturated heterocycles. The van der Waals surface area contributed by atoms with Crippen LogP contribution in [0.3, 0.4) is 0 Å². The third kappa shape index (κ3) is 1.84. The average Bonchev–Trinajstić information content (AvgIpc) is 2.47. The normalized spacial score (nSPS) is 21.2. The number of allylic oxidation sites excluding steroid dienone is 5. The first-order valence-corrected chi connectivity index (χ1v) is 6.13. The molecule has 88 valence electrons. The fraction of sp³-hybridized carbons (Fsp3) is 0.188. The highest BCUT2D eigenvalue weighted by Crippen LogP contribution is 2.37. The smallest absolute Gasteiger partial charge is 0.203 e. The van der Waals surface area contributed by atoms with Crippen LogP contribution in [-0.4, -0.2) is 6.10 Å². The van der Waals surface area contributed by atoms with E-state index >= 15 is 0 Å². The Labute approximate surface area is 107 Å². The third-order valence-electron chi connectivity index (χ3n) is 3.18. The zero-order valence-electron chi connectivity index (χ0n) is 9.97. The van der Waals surface area contributed by atoms with Crippen molar-refractivity contribution in [3.63, 3.8) is 0 Å². The summed E-state index contributed by atoms with van der Waals surface area (Å²) in [6.45, 7) is 0. The molecule has 0 saturated carbocycles. The summed E-state index contributed by atoms with van der Waals surface area (Å²) in [6, 6.07) is 10.0. The highest BCUT2D eigenvalue weighted by atomic mass is 16.5. The molecule has 2 aliphatic rings. The molecule has 1 atom stereocenters. The lowest BCUT2D eigenvalue weighted by Gasteiger charge is -2.23. The maximum atomic E-state index is 9.08. The molecule has 0 bridgehead atoms. The van der Waals surface area contributed by atoms with Crippen LogP contribution in [0.2, 0.25) is 0 Å². The molecule has 0 spiro atoms. The quantitative estimate of drug-likeness (QED) is 0.744. The molecular formula is C16H13NO. The van der Waals surface area contributed by atoms with Gasteiger partial charge in [0.2, 0.25) is 6.10 Å². The van der Waals surface area contributed by atoms with Crippen LogP contribution in [0.15, 0.2) is 54.1 Å². The van der Waals surface area contributed by atoms with Gasteiger partial charge in [-0.1, -0.05) is 36.4 Å². The lowest BCUT2D eigenvalue weighted by atomic mass is 9.91. The number of nitrogens with zero attached hydrogens (tertiary/aromatic N) is 1. The largest absolute Gasteiger partial charge is 0.471 e. The van der Waals surface area contributed by atoms with Crippen molar-refractivity contribution < 1.29 is 4.74 Å². The molecule has 0 aromatic heterocycles. The molecule has 0 fully saturated rings. The lowest BCUT2D eigenvalue weighted by Crippen LogP contribution is -2.17. The van der Waals surface area contributed by atoms with E-state index in [1.807, 2.05) is 30.3 Å². The Morgan fingerprint density at radius 1 is 1.22 bits per heavy atom. The van der Waals surface area contributed by atoms with Crippen molar-refractivity contribution in [1.82, 2.24) is 0 Å². The van der Waals surface area contributed by atoms with Crippen molar-refractivity contribution in [1.29, 1.82) is 5.26 Å². The van der Waals surface area contributed by atoms with Crippen LogP contribution >= 0.6 is 0 Å². The Kier molecular flexibility index (Phi) is 2.74. The van der Waals surface area contributed by atoms with Crippen molar-refractivity contribution in [2.45, 2.75) is 18.9 Å². The standard InChI is InChI=1S/C16H13NO/c17-11-13-10-15(12-6-2-1-3-7-12)14-8-4-5-9-16(14)18-13/h2,4-10,13H,1,3H2. The molecule has 1 heterocycles. The molecule has 1 aromatic rings. The first kappa shape index (κ1) is 10.9. The van der Waals surface area contributed by atoms with E-state index in [4.69, 9.17) is 10.00 Å². The number of ether oxygens (including phenoxy) is 1. The van der Waals surface area contributed by atoms with E-state index in [-0.39, 0.29) is 0 Å². The van der Waals surface area contributed by atoms with Crippen LogP contribution < -0.4 is 4.74 Å². The number of rotatable bonds is 1. The van der Waals surface area contributed by atoms with Crippen LogP contribution in [0.5, 0.6) is 5.75 Å². The minimum absolute atomic E-state index is 0.494. The van der Waals surface area contributed by atoms with Gasteiger partial charge < -0.3 is 4.74 Å². The van der Waals surface area contributed by atoms with Gasteiger partial charge in [-0.15, -0.1) is 0 Å². The highest BCUT2D eigenvalue weighted by Gasteiger charge is 2.21. The fourth-order valence-electron chi connectivity index (χ4n) is 2.33. The molecule has 0 amide bonds. The number of hydrogen-bond donors (Lipinski definition) is 0. The summed E-state index contributed by atoms with van der Waals surface area (Å²) in [6.07, 6.45) is 10.1. The molecule has 0 radical (unpaired) electrons. The van der Waals surface area contributed by atoms with E-state index in [2.05, 4.69) is 24.3 Å². The van der Waals surface area contributed by atoms with E-state index in [0.717, 1.165) is 29.7 Å². The average molecular weight is 235 g/mol. The zero-order valence-corrected chi connectivity index (χ0v) is 9.97. The van der Waals surface area contributed by atoms with Gasteiger partial charge in [-0.05, 0) is 36.1 Å². The second-order valence-corrected chi connectivity index (χ2v) is 4.38. The number of fused-ring (bicyclic) bond motifs is 1. The maximum absolute atomic E-state index is 9.08. The molecule has 18 heavy (non-hydrogen) atoms. The van der Waals surface area contributed by atoms with E-state index in [1.165, 1.54) is 5.57 Å². The van der Waals surface area contributed by atoms with E-state index < -0.39 is 6.10 Å². The molecule has 3 rings (SSSR count). The Morgan fingerprint density at radius 3 is 2.89 bits per heavy atom. The van der Waals surface area contributed by atoms with Crippen LogP contribution in [-0.2, 0) is 0 Å². The SMILES string of the molecule is N#CC1C=C(C2=CCCC=C2)c2ccccc2O1. The van der Waals surface area contributed by atoms with Crippen LogP contribution in [0.25, 0.3) is 5.57 Å². The second kappa shape index (κ2) is 4.54. The van der Waals surface area contributed by atoms with Gasteiger partial charge in [-0.25, -0.2) is 0 Å². The predicted octanol–water partition coefficient (Wildman–Crippen LogP) is 3.63. The first-order valence-electron chi connectivity index (χ1n) is 6.13. The Morgan fingerprint density at radius 2 is 2.11 bits per heavy atom. The Bertz CT molecular complexity index is 602. The van der Waals surface area contributed by atoms with Crippen LogP contribution in [0, 0.1) is 11.3 Å². The lowest BCUT2D eigenvalue weighted by molar-refractivity contribution is 0.297. The fourth-order valence-corrected chi connectivity index (χ4v) is 2.33. The zero-order chi connectivity index (χ0) is 12.4. The van der Waals surface area contributed by atoms with Gasteiger partial charge >= 0.3 is 0 Å². The van der Waals surface area contributed by atoms with Crippen LogP contribution in [0.4, 0.5) is 0 Å². The summed E-state index contributed by atoms with van der Waals surface area (Å²) < 4.78 is 5.61. The minimum atomic E-state index is -0.494.